The molecule has 32 heavy (non-hydrogen) atoms. The Morgan fingerprint density at radius 1 is 1.09 bits per heavy atom. The van der Waals surface area contributed by atoms with E-state index in [0.717, 1.165) is 27.2 Å². The summed E-state index contributed by atoms with van der Waals surface area (Å²) in [6.07, 6.45) is -2.23. The molecule has 3 heterocycles. The zero-order valence-corrected chi connectivity index (χ0v) is 16.5. The molecule has 9 nitrogen and oxygen atoms in total. The smallest absolute Gasteiger partial charge is 0.368 e. The summed E-state index contributed by atoms with van der Waals surface area (Å²) in [6, 6.07) is 6.97. The number of halogens is 4. The first kappa shape index (κ1) is 21.3. The highest BCUT2D eigenvalue weighted by molar-refractivity contribution is 5.53. The van der Waals surface area contributed by atoms with Crippen molar-refractivity contribution in [3.63, 3.8) is 0 Å². The lowest BCUT2D eigenvalue weighted by Gasteiger charge is -2.36. The fourth-order valence-corrected chi connectivity index (χ4v) is 3.31. The Hall–Kier alpha value is -3.95. The molecule has 0 atom stereocenters. The number of aromatic nitrogens is 5. The van der Waals surface area contributed by atoms with Gasteiger partial charge in [-0.15, -0.1) is 0 Å². The molecule has 1 saturated heterocycles. The van der Waals surface area contributed by atoms with Crippen LogP contribution in [-0.2, 0) is 12.8 Å². The van der Waals surface area contributed by atoms with Crippen molar-refractivity contribution in [3.05, 3.63) is 64.3 Å². The van der Waals surface area contributed by atoms with E-state index >= 15 is 0 Å². The lowest BCUT2D eigenvalue weighted by atomic mass is 10.1. The minimum absolute atomic E-state index is 0.0311. The van der Waals surface area contributed by atoms with E-state index in [9.17, 15) is 22.4 Å². The Kier molecular flexibility index (Phi) is 5.52. The fourth-order valence-electron chi connectivity index (χ4n) is 3.31. The molecule has 0 spiro atoms. The summed E-state index contributed by atoms with van der Waals surface area (Å²) < 4.78 is 53.5. The second kappa shape index (κ2) is 8.29. The molecular weight excluding hydrogens is 432 g/mol. The quantitative estimate of drug-likeness (QED) is 0.561. The average Bonchev–Trinajstić information content (AvgIpc) is 3.25. The number of nitrogens with zero attached hydrogens (tertiary/aromatic N) is 8. The Bertz CT molecular complexity index is 1220. The number of anilines is 2. The predicted molar refractivity (Wildman–Crippen MR) is 104 cm³/mol. The highest BCUT2D eigenvalue weighted by atomic mass is 19.4. The van der Waals surface area contributed by atoms with Gasteiger partial charge >= 0.3 is 11.9 Å². The minimum atomic E-state index is -4.57. The van der Waals surface area contributed by atoms with Crippen LogP contribution in [-0.4, -0.2) is 50.5 Å². The van der Waals surface area contributed by atoms with Crippen LogP contribution in [0.5, 0.6) is 0 Å². The van der Waals surface area contributed by atoms with Crippen LogP contribution in [0.15, 0.2) is 41.6 Å². The molecule has 0 N–H and O–H groups in total. The average molecular weight is 448 g/mol. The summed E-state index contributed by atoms with van der Waals surface area (Å²) in [5.41, 5.74) is -1.03. The van der Waals surface area contributed by atoms with Crippen LogP contribution in [0.3, 0.4) is 0 Å². The molecule has 0 amide bonds. The van der Waals surface area contributed by atoms with Crippen molar-refractivity contribution in [2.24, 2.45) is 0 Å². The summed E-state index contributed by atoms with van der Waals surface area (Å²) in [4.78, 5) is 24.2. The molecular formula is C19H16F4N8O. The van der Waals surface area contributed by atoms with Crippen molar-refractivity contribution in [2.75, 3.05) is 36.0 Å². The summed E-state index contributed by atoms with van der Waals surface area (Å²) in [5.74, 6) is -0.368. The van der Waals surface area contributed by atoms with Crippen LogP contribution in [0.25, 0.3) is 0 Å². The van der Waals surface area contributed by atoms with Crippen molar-refractivity contribution in [1.29, 1.82) is 5.26 Å². The van der Waals surface area contributed by atoms with Gasteiger partial charge in [-0.2, -0.15) is 28.5 Å². The zero-order valence-electron chi connectivity index (χ0n) is 16.5. The maximum Gasteiger partial charge on any atom is 0.435 e. The molecule has 0 aliphatic carbocycles. The molecule has 0 unspecified atom stereocenters. The lowest BCUT2D eigenvalue weighted by molar-refractivity contribution is -0.141. The molecule has 1 fully saturated rings. The van der Waals surface area contributed by atoms with Gasteiger partial charge in [0, 0.05) is 38.1 Å². The molecule has 13 heteroatoms. The Morgan fingerprint density at radius 2 is 1.81 bits per heavy atom. The van der Waals surface area contributed by atoms with E-state index < -0.39 is 23.4 Å². The topological polar surface area (TPSA) is 95.9 Å². The van der Waals surface area contributed by atoms with Gasteiger partial charge in [0.25, 0.3) is 0 Å². The van der Waals surface area contributed by atoms with Gasteiger partial charge in [0.15, 0.2) is 5.69 Å². The van der Waals surface area contributed by atoms with Gasteiger partial charge in [-0.3, -0.25) is 9.25 Å². The van der Waals surface area contributed by atoms with E-state index in [1.807, 2.05) is 11.0 Å². The van der Waals surface area contributed by atoms with Gasteiger partial charge in [0.1, 0.15) is 24.9 Å². The molecule has 0 bridgehead atoms. The molecule has 1 aromatic carbocycles. The van der Waals surface area contributed by atoms with Crippen LogP contribution in [0, 0.1) is 17.1 Å². The maximum atomic E-state index is 13.5. The second-order valence-corrected chi connectivity index (χ2v) is 7.04. The summed E-state index contributed by atoms with van der Waals surface area (Å²) in [7, 11) is 0. The second-order valence-electron chi connectivity index (χ2n) is 7.04. The zero-order chi connectivity index (χ0) is 22.9. The third-order valence-corrected chi connectivity index (χ3v) is 4.98. The molecule has 166 valence electrons. The standard InChI is InChI=1S/C19H16F4N8O/c20-15-2-1-14(9-13(15)10-24)28-5-7-29(8-6-28)17-25-11-30(18(32)26-17)12-31-4-3-16(27-31)19(21,22)23/h1-4,9,11H,5-8,12H2. The number of piperazine rings is 1. The number of nitriles is 1. The Morgan fingerprint density at radius 3 is 2.44 bits per heavy atom. The van der Waals surface area contributed by atoms with E-state index in [1.54, 1.807) is 11.0 Å². The largest absolute Gasteiger partial charge is 0.435 e. The maximum absolute atomic E-state index is 13.5. The normalized spacial score (nSPS) is 14.5. The highest BCUT2D eigenvalue weighted by Gasteiger charge is 2.33. The summed E-state index contributed by atoms with van der Waals surface area (Å²) in [6.45, 7) is 1.79. The first-order valence-corrected chi connectivity index (χ1v) is 9.48. The number of hydrogen-bond acceptors (Lipinski definition) is 7. The van der Waals surface area contributed by atoms with Crippen LogP contribution in [0.4, 0.5) is 29.2 Å². The van der Waals surface area contributed by atoms with E-state index in [4.69, 9.17) is 5.26 Å². The van der Waals surface area contributed by atoms with Gasteiger partial charge in [-0.05, 0) is 24.3 Å². The van der Waals surface area contributed by atoms with Gasteiger partial charge in [-0.1, -0.05) is 0 Å². The monoisotopic (exact) mass is 448 g/mol. The van der Waals surface area contributed by atoms with E-state index in [1.165, 1.54) is 18.5 Å². The summed E-state index contributed by atoms with van der Waals surface area (Å²) >= 11 is 0. The lowest BCUT2D eigenvalue weighted by Crippen LogP contribution is -2.47. The van der Waals surface area contributed by atoms with E-state index in [-0.39, 0.29) is 18.2 Å². The van der Waals surface area contributed by atoms with Gasteiger partial charge in [-0.25, -0.2) is 14.2 Å². The third-order valence-electron chi connectivity index (χ3n) is 4.98. The molecule has 1 aliphatic rings. The first-order chi connectivity index (χ1) is 15.2. The van der Waals surface area contributed by atoms with Crippen LogP contribution in [0.1, 0.15) is 11.3 Å². The third kappa shape index (κ3) is 4.39. The van der Waals surface area contributed by atoms with E-state index in [2.05, 4.69) is 15.1 Å². The number of benzene rings is 1. The van der Waals surface area contributed by atoms with Crippen molar-refractivity contribution in [3.8, 4) is 6.07 Å². The van der Waals surface area contributed by atoms with Gasteiger partial charge < -0.3 is 9.80 Å². The molecule has 0 saturated carbocycles. The minimum Gasteiger partial charge on any atom is -0.368 e. The Balaban J connectivity index is 1.41. The van der Waals surface area contributed by atoms with Crippen LogP contribution >= 0.6 is 0 Å². The SMILES string of the molecule is N#Cc1cc(N2CCN(c3ncn(Cn4ccc(C(F)(F)F)n4)c(=O)n3)CC2)ccc1F. The van der Waals surface area contributed by atoms with Crippen LogP contribution < -0.4 is 15.5 Å². The highest BCUT2D eigenvalue weighted by Crippen LogP contribution is 2.27. The molecule has 0 radical (unpaired) electrons. The van der Waals surface area contributed by atoms with Gasteiger partial charge in [0.2, 0.25) is 5.95 Å². The van der Waals surface area contributed by atoms with Gasteiger partial charge in [0.05, 0.1) is 5.56 Å². The molecule has 4 rings (SSSR count). The van der Waals surface area contributed by atoms with Crippen molar-refractivity contribution in [2.45, 2.75) is 12.8 Å². The molecule has 2 aromatic heterocycles. The molecule has 3 aromatic rings. The van der Waals surface area contributed by atoms with E-state index in [0.29, 0.717) is 26.2 Å². The van der Waals surface area contributed by atoms with Crippen LogP contribution in [0.2, 0.25) is 0 Å². The number of rotatable bonds is 4. The summed E-state index contributed by atoms with van der Waals surface area (Å²) in [5, 5.41) is 12.4. The number of hydrogen-bond donors (Lipinski definition) is 0. The molecule has 1 aliphatic heterocycles. The van der Waals surface area contributed by atoms with Crippen molar-refractivity contribution in [1.82, 2.24) is 24.3 Å². The predicted octanol–water partition coefficient (Wildman–Crippen LogP) is 1.70. The van der Waals surface area contributed by atoms with Crippen molar-refractivity contribution < 1.29 is 17.6 Å². The van der Waals surface area contributed by atoms with Crippen molar-refractivity contribution >= 4 is 11.6 Å². The first-order valence-electron chi connectivity index (χ1n) is 9.48. The fraction of sp³-hybridized carbons (Fsp3) is 0.316. The number of alkyl halides is 3. The Labute approximate surface area is 178 Å².